The van der Waals surface area contributed by atoms with Gasteiger partial charge in [0.2, 0.25) is 17.8 Å². The number of aromatic nitrogens is 2. The van der Waals surface area contributed by atoms with E-state index in [2.05, 4.69) is 34.4 Å². The van der Waals surface area contributed by atoms with E-state index in [1.807, 2.05) is 11.8 Å². The summed E-state index contributed by atoms with van der Waals surface area (Å²) in [5.74, 6) is -0.209. The topological polar surface area (TPSA) is 107 Å². The highest BCUT2D eigenvalue weighted by molar-refractivity contribution is 6.31. The second kappa shape index (κ2) is 8.34. The molecule has 2 aromatic rings. The number of carbonyl (C=O) groups is 2. The third-order valence-corrected chi connectivity index (χ3v) is 6.27. The molecule has 31 heavy (non-hydrogen) atoms. The lowest BCUT2D eigenvalue weighted by Crippen LogP contribution is -2.42. The Morgan fingerprint density at radius 1 is 1.23 bits per heavy atom. The lowest BCUT2D eigenvalue weighted by atomic mass is 9.91. The molecule has 9 heteroatoms. The van der Waals surface area contributed by atoms with Crippen molar-refractivity contribution >= 4 is 40.9 Å². The zero-order chi connectivity index (χ0) is 22.3. The van der Waals surface area contributed by atoms with Crippen molar-refractivity contribution in [2.75, 3.05) is 28.6 Å². The second-order valence-corrected chi connectivity index (χ2v) is 9.17. The molecule has 8 nitrogen and oxygen atoms in total. The molecule has 1 aromatic heterocycles. The quantitative estimate of drug-likeness (QED) is 0.674. The molecule has 3 atom stereocenters. The smallest absolute Gasteiger partial charge is 0.258 e. The van der Waals surface area contributed by atoms with E-state index in [0.29, 0.717) is 28.5 Å². The molecule has 4 rings (SSSR count). The van der Waals surface area contributed by atoms with Crippen LogP contribution in [0.4, 0.5) is 17.5 Å². The maximum atomic E-state index is 13.0. The van der Waals surface area contributed by atoms with Crippen LogP contribution in [0.25, 0.3) is 0 Å². The molecule has 164 valence electrons. The number of hydrogen-bond donors (Lipinski definition) is 3. The summed E-state index contributed by atoms with van der Waals surface area (Å²) in [6.45, 7) is 7.75. The van der Waals surface area contributed by atoms with Crippen LogP contribution < -0.4 is 21.1 Å². The number of anilines is 3. The first-order chi connectivity index (χ1) is 14.7. The highest BCUT2D eigenvalue weighted by atomic mass is 35.5. The Hall–Kier alpha value is -2.87. The number of fused-ring (bicyclic) bond motifs is 1. The summed E-state index contributed by atoms with van der Waals surface area (Å²) < 4.78 is 0. The third-order valence-electron chi connectivity index (χ3n) is 5.86. The Bertz CT molecular complexity index is 1090. The highest BCUT2D eigenvalue weighted by Gasteiger charge is 2.35. The number of aromatic amines is 1. The first-order valence-electron chi connectivity index (χ1n) is 10.5. The fourth-order valence-electron chi connectivity index (χ4n) is 4.47. The number of hydrogen-bond acceptors (Lipinski definition) is 5. The van der Waals surface area contributed by atoms with Crippen LogP contribution in [0.1, 0.15) is 43.7 Å². The number of benzene rings is 1. The highest BCUT2D eigenvalue weighted by Crippen LogP contribution is 2.32. The van der Waals surface area contributed by atoms with E-state index >= 15 is 0 Å². The maximum Gasteiger partial charge on any atom is 0.258 e. The van der Waals surface area contributed by atoms with Gasteiger partial charge in [0.25, 0.3) is 5.56 Å². The molecule has 0 radical (unpaired) electrons. The van der Waals surface area contributed by atoms with Gasteiger partial charge in [-0.25, -0.2) is 0 Å². The van der Waals surface area contributed by atoms with Crippen LogP contribution in [-0.4, -0.2) is 34.9 Å². The van der Waals surface area contributed by atoms with Gasteiger partial charge in [0.15, 0.2) is 0 Å². The van der Waals surface area contributed by atoms with Gasteiger partial charge in [-0.2, -0.15) is 4.98 Å². The summed E-state index contributed by atoms with van der Waals surface area (Å²) in [6.07, 6.45) is 0.994. The Labute approximate surface area is 185 Å². The number of rotatable bonds is 3. The summed E-state index contributed by atoms with van der Waals surface area (Å²) in [6, 6.07) is 5.16. The minimum Gasteiger partial charge on any atom is -0.342 e. The maximum absolute atomic E-state index is 13.0. The van der Waals surface area contributed by atoms with Crippen LogP contribution in [0.2, 0.25) is 5.02 Å². The van der Waals surface area contributed by atoms with Gasteiger partial charge in [0.1, 0.15) is 5.82 Å². The van der Waals surface area contributed by atoms with Crippen molar-refractivity contribution < 1.29 is 9.59 Å². The number of amides is 2. The van der Waals surface area contributed by atoms with E-state index in [1.165, 1.54) is 0 Å². The molecule has 0 bridgehead atoms. The number of aryl methyl sites for hydroxylation is 1. The van der Waals surface area contributed by atoms with Crippen molar-refractivity contribution in [1.82, 2.24) is 9.97 Å². The first kappa shape index (κ1) is 21.4. The number of halogens is 1. The molecule has 1 fully saturated rings. The van der Waals surface area contributed by atoms with E-state index in [0.717, 1.165) is 25.1 Å². The molecular formula is C22H26ClN5O3. The lowest BCUT2D eigenvalue weighted by Gasteiger charge is -2.35. The van der Waals surface area contributed by atoms with Crippen molar-refractivity contribution in [1.29, 1.82) is 0 Å². The summed E-state index contributed by atoms with van der Waals surface area (Å²) >= 11 is 6.14. The molecule has 0 aliphatic carbocycles. The Morgan fingerprint density at radius 3 is 2.61 bits per heavy atom. The van der Waals surface area contributed by atoms with Gasteiger partial charge in [-0.3, -0.25) is 19.4 Å². The van der Waals surface area contributed by atoms with Crippen LogP contribution >= 0.6 is 11.6 Å². The van der Waals surface area contributed by atoms with Crippen LogP contribution in [0, 0.1) is 18.8 Å². The second-order valence-electron chi connectivity index (χ2n) is 8.76. The van der Waals surface area contributed by atoms with Crippen LogP contribution in [0.15, 0.2) is 23.0 Å². The number of H-pyrrole nitrogens is 1. The molecule has 0 saturated carbocycles. The van der Waals surface area contributed by atoms with Crippen molar-refractivity contribution in [2.45, 2.75) is 39.5 Å². The molecular weight excluding hydrogens is 418 g/mol. The Balaban J connectivity index is 1.64. The van der Waals surface area contributed by atoms with Gasteiger partial charge >= 0.3 is 0 Å². The molecule has 1 saturated heterocycles. The van der Waals surface area contributed by atoms with Crippen LogP contribution in [0.3, 0.4) is 0 Å². The SMILES string of the molecule is Cc1ccc(NC(=O)[C@H]2CC(=O)Nc3nc(N4C[C@H](C)C[C@H](C)C4)[nH]c(=O)c32)cc1Cl. The van der Waals surface area contributed by atoms with Crippen molar-refractivity contribution in [2.24, 2.45) is 11.8 Å². The van der Waals surface area contributed by atoms with Crippen LogP contribution in [-0.2, 0) is 9.59 Å². The Morgan fingerprint density at radius 2 is 1.94 bits per heavy atom. The monoisotopic (exact) mass is 443 g/mol. The summed E-state index contributed by atoms with van der Waals surface area (Å²) in [7, 11) is 0. The molecule has 2 aliphatic rings. The molecule has 0 spiro atoms. The number of piperidine rings is 1. The fourth-order valence-corrected chi connectivity index (χ4v) is 4.65. The minimum absolute atomic E-state index is 0.125. The zero-order valence-corrected chi connectivity index (χ0v) is 18.5. The van der Waals surface area contributed by atoms with E-state index < -0.39 is 17.4 Å². The van der Waals surface area contributed by atoms with Crippen molar-refractivity contribution in [3.05, 3.63) is 44.7 Å². The van der Waals surface area contributed by atoms with E-state index in [-0.39, 0.29) is 23.7 Å². The van der Waals surface area contributed by atoms with Crippen molar-refractivity contribution in [3.63, 3.8) is 0 Å². The normalized spacial score (nSPS) is 23.2. The summed E-state index contributed by atoms with van der Waals surface area (Å²) in [5, 5.41) is 5.96. The predicted octanol–water partition coefficient (Wildman–Crippen LogP) is 3.28. The lowest BCUT2D eigenvalue weighted by molar-refractivity contribution is -0.123. The van der Waals surface area contributed by atoms with Gasteiger partial charge < -0.3 is 15.5 Å². The molecule has 2 amide bonds. The fraction of sp³-hybridized carbons (Fsp3) is 0.455. The summed E-state index contributed by atoms with van der Waals surface area (Å²) in [5.41, 5.74) is 1.16. The van der Waals surface area contributed by atoms with Gasteiger partial charge in [0.05, 0.1) is 11.5 Å². The van der Waals surface area contributed by atoms with Gasteiger partial charge in [0, 0.05) is 30.2 Å². The first-order valence-corrected chi connectivity index (χ1v) is 10.8. The molecule has 0 unspecified atom stereocenters. The predicted molar refractivity (Wildman–Crippen MR) is 121 cm³/mol. The minimum atomic E-state index is -0.937. The molecule has 1 aromatic carbocycles. The number of carbonyl (C=O) groups excluding carboxylic acids is 2. The van der Waals surface area contributed by atoms with Crippen LogP contribution in [0.5, 0.6) is 0 Å². The number of nitrogens with zero attached hydrogens (tertiary/aromatic N) is 2. The third kappa shape index (κ3) is 4.44. The van der Waals surface area contributed by atoms with E-state index in [1.54, 1.807) is 18.2 Å². The van der Waals surface area contributed by atoms with Gasteiger partial charge in [-0.1, -0.05) is 31.5 Å². The van der Waals surface area contributed by atoms with E-state index in [9.17, 15) is 14.4 Å². The van der Waals surface area contributed by atoms with Gasteiger partial charge in [-0.05, 0) is 42.9 Å². The molecule has 3 N–H and O–H groups in total. The summed E-state index contributed by atoms with van der Waals surface area (Å²) in [4.78, 5) is 47.7. The van der Waals surface area contributed by atoms with E-state index in [4.69, 9.17) is 11.6 Å². The zero-order valence-electron chi connectivity index (χ0n) is 17.8. The molecule has 2 aliphatic heterocycles. The standard InChI is InChI=1S/C22H26ClN5O3/c1-11-6-12(2)10-28(9-11)22-26-19-18(21(31)27-22)15(8-17(29)25-19)20(30)24-14-5-4-13(3)16(23)7-14/h4-5,7,11-12,15H,6,8-10H2,1-3H3,(H,24,30)(H2,25,26,27,29,31)/t11-,12+,15-/m0/s1. The van der Waals surface area contributed by atoms with Crippen molar-refractivity contribution in [3.8, 4) is 0 Å². The Kier molecular flexibility index (Phi) is 5.75. The van der Waals surface area contributed by atoms with Gasteiger partial charge in [-0.15, -0.1) is 0 Å². The largest absolute Gasteiger partial charge is 0.342 e. The average molecular weight is 444 g/mol. The molecule has 3 heterocycles. The number of nitrogens with one attached hydrogen (secondary N) is 3. The average Bonchev–Trinajstić information content (AvgIpc) is 2.69.